The zero-order chi connectivity index (χ0) is 12.9. The van der Waals surface area contributed by atoms with Crippen LogP contribution in [-0.4, -0.2) is 11.7 Å². The van der Waals surface area contributed by atoms with Gasteiger partial charge >= 0.3 is 0 Å². The van der Waals surface area contributed by atoms with Crippen molar-refractivity contribution in [2.75, 3.05) is 6.61 Å². The molecule has 15 heavy (non-hydrogen) atoms. The molecule has 0 atom stereocenters. The lowest BCUT2D eigenvalue weighted by molar-refractivity contribution is 0.318. The van der Waals surface area contributed by atoms with Gasteiger partial charge in [-0.3, -0.25) is 0 Å². The Morgan fingerprint density at radius 3 is 1.53 bits per heavy atom. The van der Waals surface area contributed by atoms with Gasteiger partial charge in [-0.2, -0.15) is 0 Å². The second-order valence-corrected chi connectivity index (χ2v) is 2.81. The van der Waals surface area contributed by atoms with Crippen LogP contribution in [0, 0.1) is 0 Å². The standard InChI is InChI=1S/C7H14.C3H8.C2H6O.C2H6/c1-3-5-7-6-4-2;1-3-2;1-2-3;1-2/h3H,1,4-7H2,2H3;3H2,1-2H3;3H,2H2,1H3;1-2H3. The highest BCUT2D eigenvalue weighted by molar-refractivity contribution is 4.64. The van der Waals surface area contributed by atoms with E-state index in [1.165, 1.54) is 32.1 Å². The van der Waals surface area contributed by atoms with Gasteiger partial charge < -0.3 is 5.11 Å². The predicted octanol–water partition coefficient (Wildman–Crippen LogP) is 5.19. The number of aliphatic hydroxyl groups excluding tert-OH is 1. The summed E-state index contributed by atoms with van der Waals surface area (Å²) in [5, 5.41) is 7.57. The van der Waals surface area contributed by atoms with Gasteiger partial charge in [0.25, 0.3) is 0 Å². The van der Waals surface area contributed by atoms with Gasteiger partial charge in [0.05, 0.1) is 0 Å². The molecule has 0 amide bonds. The Labute approximate surface area is 98.6 Å². The quantitative estimate of drug-likeness (QED) is 0.508. The molecule has 0 spiro atoms. The van der Waals surface area contributed by atoms with Gasteiger partial charge in [0.15, 0.2) is 0 Å². The van der Waals surface area contributed by atoms with E-state index in [-0.39, 0.29) is 6.61 Å². The molecular formula is C14H34O. The second kappa shape index (κ2) is 49.2. The van der Waals surface area contributed by atoms with Crippen LogP contribution in [0.1, 0.15) is 73.6 Å². The zero-order valence-electron chi connectivity index (χ0n) is 12.0. The second-order valence-electron chi connectivity index (χ2n) is 2.81. The Morgan fingerprint density at radius 2 is 1.33 bits per heavy atom. The molecule has 1 N–H and O–H groups in total. The van der Waals surface area contributed by atoms with E-state index in [2.05, 4.69) is 27.4 Å². The smallest absolute Gasteiger partial charge is 0.0402 e. The van der Waals surface area contributed by atoms with Crippen molar-refractivity contribution in [1.29, 1.82) is 0 Å². The van der Waals surface area contributed by atoms with Crippen molar-refractivity contribution in [3.05, 3.63) is 12.7 Å². The fraction of sp³-hybridized carbons (Fsp3) is 0.857. The Balaban J connectivity index is -0.0000000638. The molecular weight excluding hydrogens is 184 g/mol. The van der Waals surface area contributed by atoms with E-state index in [9.17, 15) is 0 Å². The molecule has 0 aliphatic carbocycles. The van der Waals surface area contributed by atoms with Crippen molar-refractivity contribution >= 4 is 0 Å². The van der Waals surface area contributed by atoms with E-state index in [4.69, 9.17) is 5.11 Å². The normalized spacial score (nSPS) is 6.87. The van der Waals surface area contributed by atoms with Gasteiger partial charge in [0, 0.05) is 6.61 Å². The summed E-state index contributed by atoms with van der Waals surface area (Å²) in [6.45, 7) is 16.0. The third kappa shape index (κ3) is 137. The number of allylic oxidation sites excluding steroid dienone is 1. The van der Waals surface area contributed by atoms with Crippen LogP contribution in [0.2, 0.25) is 0 Å². The summed E-state index contributed by atoms with van der Waals surface area (Å²) in [6.07, 6.45) is 8.41. The molecule has 0 saturated heterocycles. The fourth-order valence-electron chi connectivity index (χ4n) is 0.539. The first kappa shape index (κ1) is 24.1. The molecule has 96 valence electrons. The topological polar surface area (TPSA) is 20.2 Å². The lowest BCUT2D eigenvalue weighted by atomic mass is 10.2. The molecule has 0 saturated carbocycles. The summed E-state index contributed by atoms with van der Waals surface area (Å²) in [7, 11) is 0. The minimum atomic E-state index is 0.250. The highest BCUT2D eigenvalue weighted by Gasteiger charge is 1.77. The van der Waals surface area contributed by atoms with Crippen molar-refractivity contribution in [2.24, 2.45) is 0 Å². The molecule has 0 bridgehead atoms. The van der Waals surface area contributed by atoms with Crippen LogP contribution in [0.25, 0.3) is 0 Å². The van der Waals surface area contributed by atoms with Crippen LogP contribution < -0.4 is 0 Å². The van der Waals surface area contributed by atoms with Gasteiger partial charge in [-0.25, -0.2) is 0 Å². The lowest BCUT2D eigenvalue weighted by Crippen LogP contribution is -1.67. The van der Waals surface area contributed by atoms with Crippen molar-refractivity contribution in [3.8, 4) is 0 Å². The van der Waals surface area contributed by atoms with Gasteiger partial charge in [-0.05, 0) is 19.8 Å². The van der Waals surface area contributed by atoms with Gasteiger partial charge in [0.1, 0.15) is 0 Å². The summed E-state index contributed by atoms with van der Waals surface area (Å²) in [5.74, 6) is 0. The molecule has 1 nitrogen and oxygen atoms in total. The van der Waals surface area contributed by atoms with E-state index < -0.39 is 0 Å². The van der Waals surface area contributed by atoms with Gasteiger partial charge in [-0.15, -0.1) is 6.58 Å². The number of hydrogen-bond donors (Lipinski definition) is 1. The van der Waals surface area contributed by atoms with Gasteiger partial charge in [-0.1, -0.05) is 60.0 Å². The molecule has 0 heterocycles. The molecule has 0 aromatic carbocycles. The summed E-state index contributed by atoms with van der Waals surface area (Å²) >= 11 is 0. The molecule has 0 rings (SSSR count). The van der Waals surface area contributed by atoms with Crippen LogP contribution in [0.15, 0.2) is 12.7 Å². The van der Waals surface area contributed by atoms with Crippen LogP contribution >= 0.6 is 0 Å². The Bertz CT molecular complexity index is 58.4. The van der Waals surface area contributed by atoms with E-state index in [1.54, 1.807) is 6.92 Å². The van der Waals surface area contributed by atoms with Crippen LogP contribution in [0.5, 0.6) is 0 Å². The fourth-order valence-corrected chi connectivity index (χ4v) is 0.539. The van der Waals surface area contributed by atoms with Crippen molar-refractivity contribution in [1.82, 2.24) is 0 Å². The predicted molar refractivity (Wildman–Crippen MR) is 74.4 cm³/mol. The highest BCUT2D eigenvalue weighted by Crippen LogP contribution is 1.97. The maximum atomic E-state index is 7.57. The minimum Gasteiger partial charge on any atom is -0.397 e. The first-order valence-corrected chi connectivity index (χ1v) is 6.46. The number of unbranched alkanes of at least 4 members (excludes halogenated alkanes) is 3. The van der Waals surface area contributed by atoms with E-state index in [0.717, 1.165) is 0 Å². The molecule has 0 aromatic rings. The van der Waals surface area contributed by atoms with Crippen molar-refractivity contribution in [2.45, 2.75) is 73.6 Å². The summed E-state index contributed by atoms with van der Waals surface area (Å²) in [4.78, 5) is 0. The third-order valence-corrected chi connectivity index (χ3v) is 1.01. The van der Waals surface area contributed by atoms with E-state index >= 15 is 0 Å². The third-order valence-electron chi connectivity index (χ3n) is 1.01. The molecule has 0 aliphatic heterocycles. The summed E-state index contributed by atoms with van der Waals surface area (Å²) < 4.78 is 0. The first-order chi connectivity index (χ1) is 7.24. The average Bonchev–Trinajstić information content (AvgIpc) is 2.24. The minimum absolute atomic E-state index is 0.250. The molecule has 0 fully saturated rings. The number of hydrogen-bond acceptors (Lipinski definition) is 1. The summed E-state index contributed by atoms with van der Waals surface area (Å²) in [6, 6.07) is 0. The maximum absolute atomic E-state index is 7.57. The first-order valence-electron chi connectivity index (χ1n) is 6.46. The number of rotatable bonds is 4. The Kier molecular flexibility index (Phi) is 79.1. The van der Waals surface area contributed by atoms with Crippen LogP contribution in [0.3, 0.4) is 0 Å². The Hall–Kier alpha value is -0.300. The molecule has 0 aromatic heterocycles. The van der Waals surface area contributed by atoms with Crippen molar-refractivity contribution < 1.29 is 5.11 Å². The SMILES string of the molecule is C=CCCCCC.CC.CCC.CCO. The Morgan fingerprint density at radius 1 is 1.00 bits per heavy atom. The monoisotopic (exact) mass is 218 g/mol. The van der Waals surface area contributed by atoms with E-state index in [1.807, 2.05) is 19.9 Å². The van der Waals surface area contributed by atoms with Gasteiger partial charge in [0.2, 0.25) is 0 Å². The van der Waals surface area contributed by atoms with Crippen LogP contribution in [-0.2, 0) is 0 Å². The number of aliphatic hydroxyl groups is 1. The zero-order valence-corrected chi connectivity index (χ0v) is 12.0. The largest absolute Gasteiger partial charge is 0.397 e. The maximum Gasteiger partial charge on any atom is 0.0402 e. The summed E-state index contributed by atoms with van der Waals surface area (Å²) in [5.41, 5.74) is 0. The van der Waals surface area contributed by atoms with Crippen LogP contribution in [0.4, 0.5) is 0 Å². The van der Waals surface area contributed by atoms with Crippen molar-refractivity contribution in [3.63, 3.8) is 0 Å². The highest BCUT2D eigenvalue weighted by atomic mass is 16.2. The molecule has 0 unspecified atom stereocenters. The van der Waals surface area contributed by atoms with E-state index in [0.29, 0.717) is 0 Å². The molecule has 1 heteroatoms. The molecule has 0 aliphatic rings. The lowest BCUT2D eigenvalue weighted by Gasteiger charge is -1.87. The average molecular weight is 218 g/mol. The molecule has 0 radical (unpaired) electrons.